The van der Waals surface area contributed by atoms with Crippen molar-refractivity contribution in [1.29, 1.82) is 0 Å². The highest BCUT2D eigenvalue weighted by Gasteiger charge is 2.48. The largest absolute Gasteiger partial charge is 0.325 e. The first-order valence-corrected chi connectivity index (χ1v) is 2.52. The Morgan fingerprint density at radius 2 is 1.71 bits per heavy atom. The Hall–Kier alpha value is 0.830. The molecular weight excluding hydrogens is 156 g/mol. The molecule has 0 aromatic carbocycles. The van der Waals surface area contributed by atoms with E-state index in [1.54, 1.807) is 0 Å². The topological polar surface area (TPSA) is 26.0 Å². The fraction of sp³-hybridized carbons (Fsp3) is 1.00. The Morgan fingerprint density at radius 1 is 1.57 bits per heavy atom. The Balaban J connectivity index is 0.000000360. The van der Waals surface area contributed by atoms with E-state index in [1.807, 2.05) is 0 Å². The number of halogens is 3. The summed E-state index contributed by atoms with van der Waals surface area (Å²) >= 11 is 10.9. The highest BCUT2D eigenvalue weighted by atomic mass is 35.5. The zero-order valence-corrected chi connectivity index (χ0v) is 5.85. The molecule has 1 saturated carbocycles. The van der Waals surface area contributed by atoms with Crippen LogP contribution in [0, 0.1) is 0 Å². The first-order valence-electron chi connectivity index (χ1n) is 1.76. The van der Waals surface area contributed by atoms with Gasteiger partial charge in [0.05, 0.1) is 0 Å². The fourth-order valence-corrected chi connectivity index (χ4v) is 0.567. The van der Waals surface area contributed by atoms with Gasteiger partial charge in [0.25, 0.3) is 0 Å². The van der Waals surface area contributed by atoms with E-state index in [1.165, 1.54) is 0 Å². The van der Waals surface area contributed by atoms with Crippen LogP contribution in [0.4, 0.5) is 0 Å². The summed E-state index contributed by atoms with van der Waals surface area (Å²) in [5.41, 5.74) is 5.24. The molecule has 0 aromatic heterocycles. The molecule has 0 bridgehead atoms. The van der Waals surface area contributed by atoms with Crippen LogP contribution in [0.3, 0.4) is 0 Å². The first-order chi connectivity index (χ1) is 2.63. The van der Waals surface area contributed by atoms with Crippen LogP contribution in [0.25, 0.3) is 0 Å². The van der Waals surface area contributed by atoms with Crippen LogP contribution in [0.1, 0.15) is 6.42 Å². The first kappa shape index (κ1) is 7.83. The number of nitrogens with two attached hydrogens (primary N) is 1. The quantitative estimate of drug-likeness (QED) is 0.534. The lowest BCUT2D eigenvalue weighted by Crippen LogP contribution is -2.06. The molecule has 1 aliphatic rings. The maximum Gasteiger partial charge on any atom is 0.134 e. The van der Waals surface area contributed by atoms with Gasteiger partial charge in [0.1, 0.15) is 4.33 Å². The zero-order chi connectivity index (χ0) is 4.78. The van der Waals surface area contributed by atoms with E-state index in [0.29, 0.717) is 0 Å². The van der Waals surface area contributed by atoms with Crippen molar-refractivity contribution in [3.8, 4) is 0 Å². The molecule has 0 saturated heterocycles. The van der Waals surface area contributed by atoms with E-state index < -0.39 is 4.33 Å². The standard InChI is InChI=1S/C3H5Cl2N.ClH/c4-3(5)1-2(3)6;/h2H,1,6H2;1H. The van der Waals surface area contributed by atoms with Crippen LogP contribution < -0.4 is 5.73 Å². The average molecular weight is 162 g/mol. The molecule has 44 valence electrons. The summed E-state index contributed by atoms with van der Waals surface area (Å²) in [5.74, 6) is 0. The van der Waals surface area contributed by atoms with Gasteiger partial charge in [-0.3, -0.25) is 0 Å². The summed E-state index contributed by atoms with van der Waals surface area (Å²) in [7, 11) is 0. The van der Waals surface area contributed by atoms with Gasteiger partial charge in [0, 0.05) is 6.04 Å². The second-order valence-corrected chi connectivity index (χ2v) is 3.11. The third-order valence-corrected chi connectivity index (χ3v) is 1.74. The van der Waals surface area contributed by atoms with Crippen LogP contribution in [-0.2, 0) is 0 Å². The Bertz CT molecular complexity index is 72.6. The smallest absolute Gasteiger partial charge is 0.134 e. The van der Waals surface area contributed by atoms with Crippen molar-refractivity contribution >= 4 is 35.6 Å². The highest BCUT2D eigenvalue weighted by molar-refractivity contribution is 6.51. The normalized spacial score (nSPS) is 33.9. The Labute approximate surface area is 58.6 Å². The predicted molar refractivity (Wildman–Crippen MR) is 34.3 cm³/mol. The number of rotatable bonds is 0. The maximum absolute atomic E-state index is 5.43. The van der Waals surface area contributed by atoms with Gasteiger partial charge in [-0.1, -0.05) is 23.2 Å². The minimum Gasteiger partial charge on any atom is -0.325 e. The SMILES string of the molecule is Cl.NC1CC1(Cl)Cl. The third kappa shape index (κ3) is 1.65. The maximum atomic E-state index is 5.43. The minimum absolute atomic E-state index is 0. The van der Waals surface area contributed by atoms with Gasteiger partial charge < -0.3 is 5.73 Å². The zero-order valence-electron chi connectivity index (χ0n) is 3.53. The molecule has 1 fully saturated rings. The molecule has 1 nitrogen and oxygen atoms in total. The predicted octanol–water partition coefficient (Wildman–Crippen LogP) is 1.31. The van der Waals surface area contributed by atoms with Crippen LogP contribution in [0.15, 0.2) is 0 Å². The molecule has 1 aliphatic carbocycles. The van der Waals surface area contributed by atoms with Crippen molar-refractivity contribution in [3.05, 3.63) is 0 Å². The highest BCUT2D eigenvalue weighted by Crippen LogP contribution is 2.44. The summed E-state index contributed by atoms with van der Waals surface area (Å²) in [5, 5.41) is 0. The second kappa shape index (κ2) is 1.98. The molecule has 0 aromatic rings. The van der Waals surface area contributed by atoms with E-state index in [2.05, 4.69) is 0 Å². The van der Waals surface area contributed by atoms with E-state index in [0.717, 1.165) is 6.42 Å². The van der Waals surface area contributed by atoms with E-state index in [9.17, 15) is 0 Å². The summed E-state index contributed by atoms with van der Waals surface area (Å²) in [6, 6.07) is 0.0285. The van der Waals surface area contributed by atoms with E-state index in [-0.39, 0.29) is 18.4 Å². The van der Waals surface area contributed by atoms with Crippen molar-refractivity contribution in [2.75, 3.05) is 0 Å². The van der Waals surface area contributed by atoms with E-state index >= 15 is 0 Å². The van der Waals surface area contributed by atoms with Crippen molar-refractivity contribution in [2.24, 2.45) is 5.73 Å². The molecule has 2 N–H and O–H groups in total. The van der Waals surface area contributed by atoms with Crippen molar-refractivity contribution in [2.45, 2.75) is 16.8 Å². The fourth-order valence-electron chi connectivity index (χ4n) is 0.234. The molecule has 4 heteroatoms. The van der Waals surface area contributed by atoms with Crippen LogP contribution >= 0.6 is 35.6 Å². The van der Waals surface area contributed by atoms with Gasteiger partial charge in [0.2, 0.25) is 0 Å². The third-order valence-electron chi connectivity index (χ3n) is 0.874. The lowest BCUT2D eigenvalue weighted by Gasteiger charge is -1.85. The van der Waals surface area contributed by atoms with Crippen LogP contribution in [0.5, 0.6) is 0 Å². The number of alkyl halides is 2. The average Bonchev–Trinajstić information content (AvgIpc) is 1.73. The van der Waals surface area contributed by atoms with Crippen LogP contribution in [-0.4, -0.2) is 10.4 Å². The number of hydrogen-bond donors (Lipinski definition) is 1. The molecule has 0 amide bonds. The molecule has 0 aliphatic heterocycles. The molecule has 0 radical (unpaired) electrons. The Morgan fingerprint density at radius 3 is 1.71 bits per heavy atom. The molecule has 7 heavy (non-hydrogen) atoms. The van der Waals surface area contributed by atoms with Gasteiger partial charge in [-0.25, -0.2) is 0 Å². The lowest BCUT2D eigenvalue weighted by molar-refractivity contribution is 1.05. The van der Waals surface area contributed by atoms with Gasteiger partial charge in [-0.15, -0.1) is 12.4 Å². The van der Waals surface area contributed by atoms with E-state index in [4.69, 9.17) is 28.9 Å². The molecule has 1 unspecified atom stereocenters. The monoisotopic (exact) mass is 161 g/mol. The summed E-state index contributed by atoms with van der Waals surface area (Å²) in [6.07, 6.45) is 0.746. The van der Waals surface area contributed by atoms with Gasteiger partial charge in [-0.05, 0) is 6.42 Å². The van der Waals surface area contributed by atoms with Crippen molar-refractivity contribution in [1.82, 2.24) is 0 Å². The van der Waals surface area contributed by atoms with Gasteiger partial charge in [-0.2, -0.15) is 0 Å². The van der Waals surface area contributed by atoms with Gasteiger partial charge >= 0.3 is 0 Å². The second-order valence-electron chi connectivity index (χ2n) is 1.57. The summed E-state index contributed by atoms with van der Waals surface area (Å²) < 4.78 is -0.569. The molecule has 0 spiro atoms. The molecular formula is C3H6Cl3N. The van der Waals surface area contributed by atoms with Crippen molar-refractivity contribution < 1.29 is 0 Å². The molecule has 1 rings (SSSR count). The molecule has 0 heterocycles. The molecule has 1 atom stereocenters. The van der Waals surface area contributed by atoms with Crippen LogP contribution in [0.2, 0.25) is 0 Å². The number of hydrogen-bond acceptors (Lipinski definition) is 1. The lowest BCUT2D eigenvalue weighted by atomic mass is 10.8. The van der Waals surface area contributed by atoms with Gasteiger partial charge in [0.15, 0.2) is 0 Å². The summed E-state index contributed by atoms with van der Waals surface area (Å²) in [4.78, 5) is 0. The summed E-state index contributed by atoms with van der Waals surface area (Å²) in [6.45, 7) is 0. The van der Waals surface area contributed by atoms with Crippen molar-refractivity contribution in [3.63, 3.8) is 0 Å². The Kier molecular flexibility index (Phi) is 2.21. The minimum atomic E-state index is -0.569.